The molecule has 1 saturated heterocycles. The van der Waals surface area contributed by atoms with Crippen LogP contribution in [0, 0.1) is 11.3 Å². The molecule has 21 heavy (non-hydrogen) atoms. The Labute approximate surface area is 127 Å². The Kier molecular flexibility index (Phi) is 4.03. The third kappa shape index (κ3) is 3.13. The van der Waals surface area contributed by atoms with E-state index < -0.39 is 0 Å². The van der Waals surface area contributed by atoms with E-state index in [1.54, 1.807) is 0 Å². The molecular formula is C18H26N2O. The molecule has 0 radical (unpaired) electrons. The van der Waals surface area contributed by atoms with Gasteiger partial charge in [-0.3, -0.25) is 4.79 Å². The number of carbonyl (C=O) groups excluding carboxylic acids is 1. The second-order valence-corrected chi connectivity index (χ2v) is 6.96. The molecule has 2 N–H and O–H groups in total. The second-order valence-electron chi connectivity index (χ2n) is 6.96. The number of nitrogens with two attached hydrogens (primary N) is 1. The fourth-order valence-electron chi connectivity index (χ4n) is 3.56. The van der Waals surface area contributed by atoms with Crippen LogP contribution < -0.4 is 5.73 Å². The Morgan fingerprint density at radius 1 is 1.38 bits per heavy atom. The van der Waals surface area contributed by atoms with Gasteiger partial charge in [0.1, 0.15) is 0 Å². The van der Waals surface area contributed by atoms with Crippen molar-refractivity contribution in [2.24, 2.45) is 17.1 Å². The maximum absolute atomic E-state index is 12.9. The van der Waals surface area contributed by atoms with E-state index in [4.69, 9.17) is 5.73 Å². The molecule has 1 amide bonds. The van der Waals surface area contributed by atoms with Crippen LogP contribution in [-0.2, 0) is 11.2 Å². The fourth-order valence-corrected chi connectivity index (χ4v) is 3.56. The van der Waals surface area contributed by atoms with Gasteiger partial charge >= 0.3 is 0 Å². The molecule has 1 saturated carbocycles. The summed E-state index contributed by atoms with van der Waals surface area (Å²) < 4.78 is 0. The second kappa shape index (κ2) is 5.80. The van der Waals surface area contributed by atoms with Crippen molar-refractivity contribution in [3.63, 3.8) is 0 Å². The fraction of sp³-hybridized carbons (Fsp3) is 0.611. The van der Waals surface area contributed by atoms with Crippen LogP contribution in [0.2, 0.25) is 0 Å². The average molecular weight is 286 g/mol. The number of carbonyl (C=O) groups is 1. The Morgan fingerprint density at radius 2 is 2.10 bits per heavy atom. The molecule has 1 aromatic carbocycles. The SMILES string of the molecule is CC(N)C1CCCN(C(=O)C2(Cc3ccccc3)CC2)C1. The first-order valence-corrected chi connectivity index (χ1v) is 8.20. The molecule has 2 atom stereocenters. The summed E-state index contributed by atoms with van der Waals surface area (Å²) in [6.45, 7) is 3.83. The van der Waals surface area contributed by atoms with Gasteiger partial charge in [0, 0.05) is 19.1 Å². The molecule has 0 aromatic heterocycles. The molecule has 1 aliphatic heterocycles. The summed E-state index contributed by atoms with van der Waals surface area (Å²) in [6.07, 6.45) is 5.23. The first kappa shape index (κ1) is 14.6. The minimum Gasteiger partial charge on any atom is -0.342 e. The van der Waals surface area contributed by atoms with Crippen LogP contribution in [0.3, 0.4) is 0 Å². The molecule has 2 fully saturated rings. The summed E-state index contributed by atoms with van der Waals surface area (Å²) in [7, 11) is 0. The van der Waals surface area contributed by atoms with Crippen molar-refractivity contribution in [2.45, 2.75) is 45.1 Å². The van der Waals surface area contributed by atoms with Crippen molar-refractivity contribution >= 4 is 5.91 Å². The van der Waals surface area contributed by atoms with E-state index in [0.29, 0.717) is 11.8 Å². The van der Waals surface area contributed by atoms with E-state index >= 15 is 0 Å². The van der Waals surface area contributed by atoms with Crippen molar-refractivity contribution in [1.82, 2.24) is 4.90 Å². The van der Waals surface area contributed by atoms with Gasteiger partial charge in [-0.05, 0) is 50.5 Å². The third-order valence-corrected chi connectivity index (χ3v) is 5.18. The van der Waals surface area contributed by atoms with E-state index in [1.165, 1.54) is 5.56 Å². The number of hydrogen-bond donors (Lipinski definition) is 1. The molecule has 3 heteroatoms. The third-order valence-electron chi connectivity index (χ3n) is 5.18. The molecule has 1 aliphatic carbocycles. The van der Waals surface area contributed by atoms with Crippen molar-refractivity contribution < 1.29 is 4.79 Å². The summed E-state index contributed by atoms with van der Waals surface area (Å²) in [5.41, 5.74) is 7.21. The maximum Gasteiger partial charge on any atom is 0.229 e. The zero-order valence-electron chi connectivity index (χ0n) is 12.9. The zero-order valence-corrected chi connectivity index (χ0v) is 12.9. The predicted molar refractivity (Wildman–Crippen MR) is 84.8 cm³/mol. The molecule has 114 valence electrons. The lowest BCUT2D eigenvalue weighted by atomic mass is 9.89. The summed E-state index contributed by atoms with van der Waals surface area (Å²) in [5.74, 6) is 0.840. The van der Waals surface area contributed by atoms with E-state index in [1.807, 2.05) is 6.07 Å². The monoisotopic (exact) mass is 286 g/mol. The van der Waals surface area contributed by atoms with Gasteiger partial charge in [0.15, 0.2) is 0 Å². The first-order valence-electron chi connectivity index (χ1n) is 8.20. The minimum absolute atomic E-state index is 0.110. The standard InChI is InChI=1S/C18H26N2O/c1-14(19)16-8-5-11-20(13-16)17(21)18(9-10-18)12-15-6-3-2-4-7-15/h2-4,6-7,14,16H,5,8-13,19H2,1H3. The number of benzene rings is 1. The molecule has 0 bridgehead atoms. The smallest absolute Gasteiger partial charge is 0.229 e. The van der Waals surface area contributed by atoms with E-state index in [-0.39, 0.29) is 11.5 Å². The zero-order chi connectivity index (χ0) is 14.9. The Bertz CT molecular complexity index is 493. The van der Waals surface area contributed by atoms with Gasteiger partial charge < -0.3 is 10.6 Å². The van der Waals surface area contributed by atoms with Crippen LogP contribution in [-0.4, -0.2) is 29.9 Å². The molecule has 1 aromatic rings. The maximum atomic E-state index is 12.9. The largest absolute Gasteiger partial charge is 0.342 e. The number of nitrogens with zero attached hydrogens (tertiary/aromatic N) is 1. The molecule has 3 rings (SSSR count). The Hall–Kier alpha value is -1.35. The van der Waals surface area contributed by atoms with Gasteiger partial charge in [-0.25, -0.2) is 0 Å². The normalized spacial score (nSPS) is 25.4. The van der Waals surface area contributed by atoms with Gasteiger partial charge in [0.25, 0.3) is 0 Å². The van der Waals surface area contributed by atoms with Crippen LogP contribution in [0.25, 0.3) is 0 Å². The number of likely N-dealkylation sites (tertiary alicyclic amines) is 1. The molecule has 3 nitrogen and oxygen atoms in total. The topological polar surface area (TPSA) is 46.3 Å². The lowest BCUT2D eigenvalue weighted by molar-refractivity contribution is -0.139. The lowest BCUT2D eigenvalue weighted by Crippen LogP contribution is -2.47. The van der Waals surface area contributed by atoms with Gasteiger partial charge in [-0.2, -0.15) is 0 Å². The summed E-state index contributed by atoms with van der Waals surface area (Å²) in [4.78, 5) is 15.0. The Balaban J connectivity index is 1.67. The number of rotatable bonds is 4. The van der Waals surface area contributed by atoms with Crippen LogP contribution in [0.15, 0.2) is 30.3 Å². The predicted octanol–water partition coefficient (Wildman–Crippen LogP) is 2.60. The highest BCUT2D eigenvalue weighted by molar-refractivity contribution is 5.85. The number of amides is 1. The highest BCUT2D eigenvalue weighted by Crippen LogP contribution is 2.50. The van der Waals surface area contributed by atoms with Gasteiger partial charge in [-0.15, -0.1) is 0 Å². The summed E-state index contributed by atoms with van der Waals surface area (Å²) >= 11 is 0. The highest BCUT2D eigenvalue weighted by atomic mass is 16.2. The molecule has 2 unspecified atom stereocenters. The van der Waals surface area contributed by atoms with Crippen molar-refractivity contribution in [3.8, 4) is 0 Å². The lowest BCUT2D eigenvalue weighted by Gasteiger charge is -2.36. The molecule has 1 heterocycles. The van der Waals surface area contributed by atoms with E-state index in [2.05, 4.69) is 36.1 Å². The first-order chi connectivity index (χ1) is 10.1. The van der Waals surface area contributed by atoms with Crippen LogP contribution >= 0.6 is 0 Å². The van der Waals surface area contributed by atoms with E-state index in [9.17, 15) is 4.79 Å². The molecule has 0 spiro atoms. The minimum atomic E-state index is -0.110. The molecular weight excluding hydrogens is 260 g/mol. The van der Waals surface area contributed by atoms with Gasteiger partial charge in [0.2, 0.25) is 5.91 Å². The number of piperidine rings is 1. The van der Waals surface area contributed by atoms with Crippen molar-refractivity contribution in [3.05, 3.63) is 35.9 Å². The number of hydrogen-bond acceptors (Lipinski definition) is 2. The van der Waals surface area contributed by atoms with Gasteiger partial charge in [-0.1, -0.05) is 30.3 Å². The van der Waals surface area contributed by atoms with E-state index in [0.717, 1.165) is 45.2 Å². The summed E-state index contributed by atoms with van der Waals surface area (Å²) in [6, 6.07) is 10.6. The Morgan fingerprint density at radius 3 is 2.71 bits per heavy atom. The molecule has 2 aliphatic rings. The van der Waals surface area contributed by atoms with Crippen LogP contribution in [0.5, 0.6) is 0 Å². The summed E-state index contributed by atoms with van der Waals surface area (Å²) in [5, 5.41) is 0. The quantitative estimate of drug-likeness (QED) is 0.924. The average Bonchev–Trinajstić information content (AvgIpc) is 3.28. The van der Waals surface area contributed by atoms with Crippen LogP contribution in [0.1, 0.15) is 38.2 Å². The van der Waals surface area contributed by atoms with Crippen LogP contribution in [0.4, 0.5) is 0 Å². The van der Waals surface area contributed by atoms with Gasteiger partial charge in [0.05, 0.1) is 5.41 Å². The van der Waals surface area contributed by atoms with Crippen molar-refractivity contribution in [2.75, 3.05) is 13.1 Å². The highest BCUT2D eigenvalue weighted by Gasteiger charge is 2.51. The van der Waals surface area contributed by atoms with Crippen molar-refractivity contribution in [1.29, 1.82) is 0 Å².